The van der Waals surface area contributed by atoms with E-state index in [9.17, 15) is 14.7 Å². The molecular formula is C13H19N3O3S. The Kier molecular flexibility index (Phi) is 4.59. The summed E-state index contributed by atoms with van der Waals surface area (Å²) in [6, 6.07) is -0.932. The summed E-state index contributed by atoms with van der Waals surface area (Å²) in [6.45, 7) is 2.84. The number of carbonyl (C=O) groups is 2. The number of rotatable bonds is 3. The first-order chi connectivity index (χ1) is 9.49. The molecule has 1 fully saturated rings. The molecule has 7 heteroatoms. The van der Waals surface area contributed by atoms with Crippen molar-refractivity contribution in [3.63, 3.8) is 0 Å². The lowest BCUT2D eigenvalue weighted by atomic mass is 10.0. The van der Waals surface area contributed by atoms with Crippen molar-refractivity contribution in [3.05, 3.63) is 16.1 Å². The number of aliphatic carboxylic acids is 1. The van der Waals surface area contributed by atoms with E-state index in [2.05, 4.69) is 4.98 Å². The van der Waals surface area contributed by atoms with Crippen LogP contribution in [0, 0.1) is 6.92 Å². The van der Waals surface area contributed by atoms with E-state index in [0.29, 0.717) is 19.5 Å². The van der Waals surface area contributed by atoms with Crippen molar-refractivity contribution in [2.45, 2.75) is 38.8 Å². The zero-order chi connectivity index (χ0) is 14.7. The summed E-state index contributed by atoms with van der Waals surface area (Å²) in [5.74, 6) is -0.920. The number of carbonyl (C=O) groups excluding carboxylic acids is 1. The molecule has 1 aliphatic heterocycles. The number of carboxylic acid groups (broad SMARTS) is 1. The molecule has 0 aromatic carbocycles. The van der Waals surface area contributed by atoms with Crippen molar-refractivity contribution in [2.24, 2.45) is 0 Å². The lowest BCUT2D eigenvalue weighted by Crippen LogP contribution is -2.52. The summed E-state index contributed by atoms with van der Waals surface area (Å²) in [5, 5.41) is 12.1. The smallest absolute Gasteiger partial charge is 0.326 e. The lowest BCUT2D eigenvalue weighted by molar-refractivity contribution is -0.143. The minimum Gasteiger partial charge on any atom is -0.480 e. The van der Waals surface area contributed by atoms with Crippen LogP contribution in [0.2, 0.25) is 0 Å². The van der Waals surface area contributed by atoms with Gasteiger partial charge in [0.1, 0.15) is 6.04 Å². The first-order valence-corrected chi connectivity index (χ1v) is 7.52. The highest BCUT2D eigenvalue weighted by molar-refractivity contribution is 7.09. The van der Waals surface area contributed by atoms with Gasteiger partial charge in [-0.3, -0.25) is 0 Å². The molecule has 20 heavy (non-hydrogen) atoms. The molecule has 6 nitrogen and oxygen atoms in total. The van der Waals surface area contributed by atoms with Crippen LogP contribution in [0.4, 0.5) is 4.79 Å². The maximum Gasteiger partial charge on any atom is 0.326 e. The molecular weight excluding hydrogens is 278 g/mol. The fraction of sp³-hybridized carbons (Fsp3) is 0.615. The Morgan fingerprint density at radius 2 is 2.30 bits per heavy atom. The van der Waals surface area contributed by atoms with E-state index >= 15 is 0 Å². The Morgan fingerprint density at radius 3 is 2.90 bits per heavy atom. The molecule has 0 bridgehead atoms. The number of aromatic nitrogens is 1. The van der Waals surface area contributed by atoms with Gasteiger partial charge >= 0.3 is 12.0 Å². The van der Waals surface area contributed by atoms with Gasteiger partial charge in [0, 0.05) is 19.0 Å². The monoisotopic (exact) mass is 297 g/mol. The second-order valence-corrected chi connectivity index (χ2v) is 6.10. The van der Waals surface area contributed by atoms with E-state index in [1.165, 1.54) is 9.80 Å². The Bertz CT molecular complexity index is 503. The van der Waals surface area contributed by atoms with Crippen LogP contribution in [0.1, 0.15) is 30.0 Å². The average molecular weight is 297 g/mol. The Balaban J connectivity index is 2.02. The molecule has 1 aliphatic rings. The number of aryl methyl sites for hydroxylation is 1. The number of hydrogen-bond donors (Lipinski definition) is 1. The molecule has 1 aromatic rings. The third-order valence-electron chi connectivity index (χ3n) is 3.43. The van der Waals surface area contributed by atoms with Gasteiger partial charge in [0.2, 0.25) is 0 Å². The third kappa shape index (κ3) is 3.27. The van der Waals surface area contributed by atoms with Crippen LogP contribution < -0.4 is 0 Å². The molecule has 110 valence electrons. The molecule has 0 aliphatic carbocycles. The normalized spacial score (nSPS) is 18.9. The maximum absolute atomic E-state index is 12.4. The molecule has 0 radical (unpaired) electrons. The van der Waals surface area contributed by atoms with Crippen LogP contribution in [-0.4, -0.2) is 51.5 Å². The summed E-state index contributed by atoms with van der Waals surface area (Å²) in [6.07, 6.45) is 2.25. The minimum absolute atomic E-state index is 0.234. The fourth-order valence-electron chi connectivity index (χ4n) is 2.43. The fourth-order valence-corrected chi connectivity index (χ4v) is 3.03. The van der Waals surface area contributed by atoms with Gasteiger partial charge < -0.3 is 14.9 Å². The van der Waals surface area contributed by atoms with Gasteiger partial charge in [-0.05, 0) is 26.2 Å². The summed E-state index contributed by atoms with van der Waals surface area (Å²) < 4.78 is 0. The van der Waals surface area contributed by atoms with Gasteiger partial charge in [-0.15, -0.1) is 11.3 Å². The van der Waals surface area contributed by atoms with Crippen molar-refractivity contribution in [1.29, 1.82) is 0 Å². The van der Waals surface area contributed by atoms with Crippen LogP contribution in [-0.2, 0) is 11.3 Å². The number of amides is 2. The molecule has 1 unspecified atom stereocenters. The number of likely N-dealkylation sites (tertiary alicyclic amines) is 1. The Hall–Kier alpha value is -1.63. The Morgan fingerprint density at radius 1 is 1.55 bits per heavy atom. The van der Waals surface area contributed by atoms with Crippen LogP contribution in [0.25, 0.3) is 0 Å². The molecule has 2 amide bonds. The van der Waals surface area contributed by atoms with E-state index in [4.69, 9.17) is 0 Å². The van der Waals surface area contributed by atoms with Crippen molar-refractivity contribution in [2.75, 3.05) is 13.6 Å². The van der Waals surface area contributed by atoms with Gasteiger partial charge in [0.15, 0.2) is 0 Å². The van der Waals surface area contributed by atoms with Crippen LogP contribution in [0.5, 0.6) is 0 Å². The maximum atomic E-state index is 12.4. The molecule has 2 rings (SSSR count). The predicted molar refractivity (Wildman–Crippen MR) is 75.7 cm³/mol. The van der Waals surface area contributed by atoms with E-state index in [0.717, 1.165) is 23.5 Å². The number of hydrogen-bond acceptors (Lipinski definition) is 4. The quantitative estimate of drug-likeness (QED) is 0.925. The number of urea groups is 1. The molecule has 1 aromatic heterocycles. The van der Waals surface area contributed by atoms with E-state index in [1.54, 1.807) is 18.4 Å². The van der Waals surface area contributed by atoms with Crippen LogP contribution in [0.15, 0.2) is 5.38 Å². The van der Waals surface area contributed by atoms with Gasteiger partial charge in [-0.2, -0.15) is 0 Å². The van der Waals surface area contributed by atoms with Crippen molar-refractivity contribution >= 4 is 23.3 Å². The zero-order valence-corrected chi connectivity index (χ0v) is 12.5. The van der Waals surface area contributed by atoms with Gasteiger partial charge in [0.05, 0.1) is 17.2 Å². The molecule has 1 atom stereocenters. The molecule has 0 saturated carbocycles. The van der Waals surface area contributed by atoms with Crippen LogP contribution >= 0.6 is 11.3 Å². The minimum atomic E-state index is -0.920. The second kappa shape index (κ2) is 6.21. The van der Waals surface area contributed by atoms with Gasteiger partial charge in [0.25, 0.3) is 0 Å². The average Bonchev–Trinajstić information content (AvgIpc) is 2.83. The summed E-state index contributed by atoms with van der Waals surface area (Å²) >= 11 is 1.54. The highest BCUT2D eigenvalue weighted by Crippen LogP contribution is 2.19. The highest BCUT2D eigenvalue weighted by atomic mass is 32.1. The standard InChI is InChI=1S/C13H19N3O3S/c1-9-14-10(8-20-9)7-15(2)13(19)16-6-4-3-5-11(16)12(17)18/h8,11H,3-7H2,1-2H3,(H,17,18). The summed E-state index contributed by atoms with van der Waals surface area (Å²) in [7, 11) is 1.69. The lowest BCUT2D eigenvalue weighted by Gasteiger charge is -2.35. The van der Waals surface area contributed by atoms with E-state index < -0.39 is 12.0 Å². The van der Waals surface area contributed by atoms with Crippen LogP contribution in [0.3, 0.4) is 0 Å². The first-order valence-electron chi connectivity index (χ1n) is 6.64. The highest BCUT2D eigenvalue weighted by Gasteiger charge is 2.33. The first kappa shape index (κ1) is 14.8. The largest absolute Gasteiger partial charge is 0.480 e. The number of carboxylic acids is 1. The molecule has 2 heterocycles. The number of nitrogens with zero attached hydrogens (tertiary/aromatic N) is 3. The summed E-state index contributed by atoms with van der Waals surface area (Å²) in [4.78, 5) is 30.9. The molecule has 0 spiro atoms. The predicted octanol–water partition coefficient (Wildman–Crippen LogP) is 1.94. The van der Waals surface area contributed by atoms with Crippen molar-refractivity contribution in [3.8, 4) is 0 Å². The number of thiazole rings is 1. The topological polar surface area (TPSA) is 73.7 Å². The number of piperidine rings is 1. The molecule has 1 saturated heterocycles. The zero-order valence-electron chi connectivity index (χ0n) is 11.7. The summed E-state index contributed by atoms with van der Waals surface area (Å²) in [5.41, 5.74) is 0.840. The van der Waals surface area contributed by atoms with E-state index in [1.807, 2.05) is 12.3 Å². The van der Waals surface area contributed by atoms with Crippen molar-refractivity contribution < 1.29 is 14.7 Å². The second-order valence-electron chi connectivity index (χ2n) is 5.04. The SMILES string of the molecule is Cc1nc(CN(C)C(=O)N2CCCCC2C(=O)O)cs1. The molecule has 1 N–H and O–H groups in total. The Labute approximate surface area is 122 Å². The van der Waals surface area contributed by atoms with Gasteiger partial charge in [-0.1, -0.05) is 0 Å². The van der Waals surface area contributed by atoms with E-state index in [-0.39, 0.29) is 6.03 Å². The third-order valence-corrected chi connectivity index (χ3v) is 4.25. The van der Waals surface area contributed by atoms with Crippen molar-refractivity contribution in [1.82, 2.24) is 14.8 Å². The van der Waals surface area contributed by atoms with Gasteiger partial charge in [-0.25, -0.2) is 14.6 Å².